The Hall–Kier alpha value is -2.10. The molecular formula is C20H28IN7. The number of benzene rings is 1. The third-order valence-corrected chi connectivity index (χ3v) is 5.40. The van der Waals surface area contributed by atoms with Gasteiger partial charge in [-0.1, -0.05) is 24.3 Å². The van der Waals surface area contributed by atoms with Gasteiger partial charge in [-0.25, -0.2) is 4.98 Å². The highest BCUT2D eigenvalue weighted by Gasteiger charge is 2.24. The molecule has 7 nitrogen and oxygen atoms in total. The van der Waals surface area contributed by atoms with Crippen molar-refractivity contribution >= 4 is 35.6 Å². The molecule has 2 N–H and O–H groups in total. The molecule has 0 saturated carbocycles. The molecule has 150 valence electrons. The number of likely N-dealkylation sites (tertiary alicyclic amines) is 1. The van der Waals surface area contributed by atoms with Crippen LogP contribution in [0.15, 0.2) is 47.7 Å². The Bertz CT molecular complexity index is 769. The summed E-state index contributed by atoms with van der Waals surface area (Å²) in [6.45, 7) is 4.76. The van der Waals surface area contributed by atoms with Crippen LogP contribution in [0.5, 0.6) is 0 Å². The number of piperidine rings is 1. The van der Waals surface area contributed by atoms with E-state index in [1.165, 1.54) is 11.3 Å². The van der Waals surface area contributed by atoms with Gasteiger partial charge in [-0.2, -0.15) is 5.10 Å². The Morgan fingerprint density at radius 2 is 1.89 bits per heavy atom. The van der Waals surface area contributed by atoms with Gasteiger partial charge >= 0.3 is 0 Å². The Morgan fingerprint density at radius 3 is 2.50 bits per heavy atom. The summed E-state index contributed by atoms with van der Waals surface area (Å²) in [5.41, 5.74) is 2.55. The monoisotopic (exact) mass is 493 g/mol. The number of halogens is 1. The predicted octanol–water partition coefficient (Wildman–Crippen LogP) is 2.75. The molecule has 2 aliphatic heterocycles. The smallest absolute Gasteiger partial charge is 0.193 e. The van der Waals surface area contributed by atoms with E-state index in [4.69, 9.17) is 0 Å². The van der Waals surface area contributed by atoms with Crippen molar-refractivity contribution in [2.75, 3.05) is 38.1 Å². The first-order valence-electron chi connectivity index (χ1n) is 9.63. The van der Waals surface area contributed by atoms with Crippen molar-refractivity contribution in [3.8, 4) is 0 Å². The molecule has 0 bridgehead atoms. The molecule has 1 aromatic heterocycles. The van der Waals surface area contributed by atoms with E-state index in [0.717, 1.165) is 57.3 Å². The Labute approximate surface area is 183 Å². The van der Waals surface area contributed by atoms with E-state index < -0.39 is 0 Å². The molecule has 28 heavy (non-hydrogen) atoms. The van der Waals surface area contributed by atoms with Crippen molar-refractivity contribution in [3.05, 3.63) is 54.1 Å². The second-order valence-electron chi connectivity index (χ2n) is 7.08. The van der Waals surface area contributed by atoms with Gasteiger partial charge in [-0.15, -0.1) is 24.0 Å². The largest absolute Gasteiger partial charge is 0.364 e. The van der Waals surface area contributed by atoms with Gasteiger partial charge in [0.25, 0.3) is 0 Å². The number of nitrogens with zero attached hydrogens (tertiary/aromatic N) is 5. The summed E-state index contributed by atoms with van der Waals surface area (Å²) >= 11 is 0. The Morgan fingerprint density at radius 1 is 1.18 bits per heavy atom. The highest BCUT2D eigenvalue weighted by atomic mass is 127. The molecule has 1 aromatic carbocycles. The second kappa shape index (κ2) is 9.90. The first kappa shape index (κ1) is 20.6. The summed E-state index contributed by atoms with van der Waals surface area (Å²) in [6.07, 6.45) is 8.15. The minimum atomic E-state index is 0. The Balaban J connectivity index is 0.00000225. The van der Waals surface area contributed by atoms with Crippen LogP contribution in [0.25, 0.3) is 0 Å². The third kappa shape index (κ3) is 4.84. The van der Waals surface area contributed by atoms with Crippen LogP contribution < -0.4 is 10.2 Å². The first-order chi connectivity index (χ1) is 13.3. The van der Waals surface area contributed by atoms with E-state index in [2.05, 4.69) is 71.7 Å². The third-order valence-electron chi connectivity index (χ3n) is 5.40. The van der Waals surface area contributed by atoms with Gasteiger partial charge in [0.15, 0.2) is 5.96 Å². The zero-order chi connectivity index (χ0) is 18.5. The number of rotatable bonds is 4. The van der Waals surface area contributed by atoms with E-state index in [-0.39, 0.29) is 24.0 Å². The van der Waals surface area contributed by atoms with E-state index in [1.807, 2.05) is 7.05 Å². The van der Waals surface area contributed by atoms with Crippen LogP contribution in [-0.4, -0.2) is 59.3 Å². The van der Waals surface area contributed by atoms with Crippen LogP contribution in [-0.2, 0) is 6.54 Å². The molecule has 1 fully saturated rings. The normalized spacial score (nSPS) is 17.7. The number of nitrogens with one attached hydrogen (secondary N) is 2. The number of aliphatic imine (C=N–C) groups is 1. The number of anilines is 1. The van der Waals surface area contributed by atoms with Crippen LogP contribution in [0, 0.1) is 0 Å². The van der Waals surface area contributed by atoms with Gasteiger partial charge in [0.05, 0.1) is 0 Å². The molecule has 0 aliphatic carbocycles. The summed E-state index contributed by atoms with van der Waals surface area (Å²) in [6, 6.07) is 8.81. The van der Waals surface area contributed by atoms with Crippen molar-refractivity contribution in [2.24, 2.45) is 4.99 Å². The molecule has 0 spiro atoms. The summed E-state index contributed by atoms with van der Waals surface area (Å²) < 4.78 is 0. The van der Waals surface area contributed by atoms with Crippen LogP contribution in [0.2, 0.25) is 0 Å². The van der Waals surface area contributed by atoms with E-state index in [0.29, 0.717) is 5.92 Å². The van der Waals surface area contributed by atoms with Crippen molar-refractivity contribution < 1.29 is 0 Å². The fourth-order valence-electron chi connectivity index (χ4n) is 3.80. The second-order valence-corrected chi connectivity index (χ2v) is 7.08. The molecule has 0 atom stereocenters. The van der Waals surface area contributed by atoms with E-state index in [1.54, 1.807) is 6.33 Å². The maximum absolute atomic E-state index is 4.47. The highest BCUT2D eigenvalue weighted by molar-refractivity contribution is 14.0. The number of aromatic amines is 1. The topological polar surface area (TPSA) is 72.4 Å². The van der Waals surface area contributed by atoms with Gasteiger partial charge in [-0.3, -0.25) is 10.1 Å². The summed E-state index contributed by atoms with van der Waals surface area (Å²) in [4.78, 5) is 13.5. The standard InChI is InChI=1S/C20H27N7.HI/c1-21-20(27-12-8-17(9-13-27)19-23-15-24-25-19)22-14-16-4-6-18(7-5-16)26-10-2-3-11-26;/h2-7,15,17H,8-14H2,1H3,(H,21,22)(H,23,24,25);1H. The SMILES string of the molecule is CN=C(NCc1ccc(N2CC=CC2)cc1)N1CCC(c2ncn[nH]2)CC1.I. The zero-order valence-electron chi connectivity index (χ0n) is 16.2. The summed E-state index contributed by atoms with van der Waals surface area (Å²) in [5.74, 6) is 2.44. The molecule has 8 heteroatoms. The molecule has 1 saturated heterocycles. The average molecular weight is 493 g/mol. The molecular weight excluding hydrogens is 465 g/mol. The molecule has 0 amide bonds. The Kier molecular flexibility index (Phi) is 7.30. The summed E-state index contributed by atoms with van der Waals surface area (Å²) in [7, 11) is 1.86. The maximum atomic E-state index is 4.47. The highest BCUT2D eigenvalue weighted by Crippen LogP contribution is 2.25. The zero-order valence-corrected chi connectivity index (χ0v) is 18.5. The lowest BCUT2D eigenvalue weighted by atomic mass is 9.96. The molecule has 0 radical (unpaired) electrons. The number of aromatic nitrogens is 3. The fraction of sp³-hybridized carbons (Fsp3) is 0.450. The van der Waals surface area contributed by atoms with Crippen molar-refractivity contribution in [3.63, 3.8) is 0 Å². The lowest BCUT2D eigenvalue weighted by Crippen LogP contribution is -2.45. The minimum absolute atomic E-state index is 0. The van der Waals surface area contributed by atoms with Crippen molar-refractivity contribution in [1.82, 2.24) is 25.4 Å². The van der Waals surface area contributed by atoms with Crippen LogP contribution >= 0.6 is 24.0 Å². The lowest BCUT2D eigenvalue weighted by Gasteiger charge is -2.33. The van der Waals surface area contributed by atoms with Crippen molar-refractivity contribution in [2.45, 2.75) is 25.3 Å². The molecule has 3 heterocycles. The number of hydrogen-bond donors (Lipinski definition) is 2. The quantitative estimate of drug-likeness (QED) is 0.297. The number of hydrogen-bond acceptors (Lipinski definition) is 4. The molecule has 2 aromatic rings. The van der Waals surface area contributed by atoms with Crippen LogP contribution in [0.4, 0.5) is 5.69 Å². The van der Waals surface area contributed by atoms with Gasteiger partial charge in [-0.05, 0) is 30.5 Å². The van der Waals surface area contributed by atoms with Gasteiger partial charge < -0.3 is 15.1 Å². The maximum Gasteiger partial charge on any atom is 0.193 e. The van der Waals surface area contributed by atoms with E-state index in [9.17, 15) is 0 Å². The molecule has 2 aliphatic rings. The van der Waals surface area contributed by atoms with Gasteiger partial charge in [0.1, 0.15) is 12.2 Å². The fourth-order valence-corrected chi connectivity index (χ4v) is 3.80. The lowest BCUT2D eigenvalue weighted by molar-refractivity contribution is 0.299. The first-order valence-corrected chi connectivity index (χ1v) is 9.63. The van der Waals surface area contributed by atoms with Crippen LogP contribution in [0.1, 0.15) is 30.1 Å². The average Bonchev–Trinajstić information content (AvgIpc) is 3.44. The number of H-pyrrole nitrogens is 1. The van der Waals surface area contributed by atoms with Gasteiger partial charge in [0.2, 0.25) is 0 Å². The summed E-state index contributed by atoms with van der Waals surface area (Å²) in [5, 5.41) is 10.5. The molecule has 0 unspecified atom stereocenters. The molecule has 4 rings (SSSR count). The number of guanidine groups is 1. The van der Waals surface area contributed by atoms with Gasteiger partial charge in [0, 0.05) is 51.4 Å². The van der Waals surface area contributed by atoms with Crippen molar-refractivity contribution in [1.29, 1.82) is 0 Å². The van der Waals surface area contributed by atoms with E-state index >= 15 is 0 Å². The predicted molar refractivity (Wildman–Crippen MR) is 123 cm³/mol. The van der Waals surface area contributed by atoms with Crippen LogP contribution in [0.3, 0.4) is 0 Å². The minimum Gasteiger partial charge on any atom is -0.364 e.